The van der Waals surface area contributed by atoms with Crippen LogP contribution in [0.15, 0.2) is 12.2 Å². The predicted octanol–water partition coefficient (Wildman–Crippen LogP) is 1.41. The van der Waals surface area contributed by atoms with Gasteiger partial charge in [0.1, 0.15) is 6.10 Å². The van der Waals surface area contributed by atoms with Crippen molar-refractivity contribution in [3.05, 3.63) is 12.2 Å². The molecule has 132 valence electrons. The number of carbonyl (C=O) groups is 2. The molecule has 0 aromatic rings. The maximum Gasteiger partial charge on any atom is 0.330 e. The van der Waals surface area contributed by atoms with Gasteiger partial charge in [0.25, 0.3) is 0 Å². The van der Waals surface area contributed by atoms with Crippen molar-refractivity contribution in [2.45, 2.75) is 58.5 Å². The number of aliphatic hydroxyl groups is 3. The highest BCUT2D eigenvalue weighted by Gasteiger charge is 1.95. The Balaban J connectivity index is -0.000000261. The molecule has 0 atom stereocenters. The van der Waals surface area contributed by atoms with Gasteiger partial charge in [-0.3, -0.25) is 4.79 Å². The van der Waals surface area contributed by atoms with Gasteiger partial charge >= 0.3 is 11.9 Å². The highest BCUT2D eigenvalue weighted by atomic mass is 16.4. The molecule has 0 heterocycles. The minimum atomic E-state index is -0.954. The Labute approximate surface area is 131 Å². The van der Waals surface area contributed by atoms with Gasteiger partial charge in [0.05, 0.1) is 13.2 Å². The zero-order valence-corrected chi connectivity index (χ0v) is 13.5. The average molecular weight is 322 g/mol. The van der Waals surface area contributed by atoms with Crippen LogP contribution in [0.3, 0.4) is 0 Å². The van der Waals surface area contributed by atoms with Crippen LogP contribution in [0.2, 0.25) is 0 Å². The Morgan fingerprint density at radius 3 is 1.64 bits per heavy atom. The van der Waals surface area contributed by atoms with E-state index in [1.165, 1.54) is 26.2 Å². The van der Waals surface area contributed by atoms with E-state index in [1.54, 1.807) is 0 Å². The van der Waals surface area contributed by atoms with Crippen LogP contribution in [0.25, 0.3) is 0 Å². The Morgan fingerprint density at radius 2 is 1.41 bits per heavy atom. The number of rotatable bonds is 9. The van der Waals surface area contributed by atoms with Crippen LogP contribution < -0.4 is 0 Å². The van der Waals surface area contributed by atoms with Crippen LogP contribution in [0.5, 0.6) is 0 Å². The minimum absolute atomic E-state index is 0.176. The molecule has 22 heavy (non-hydrogen) atoms. The maximum atomic E-state index is 10.0. The number of unbranched alkanes of at least 4 members (excludes halogenated alkanes) is 4. The molecule has 0 radical (unpaired) electrons. The molecule has 7 heteroatoms. The van der Waals surface area contributed by atoms with Crippen molar-refractivity contribution in [2.24, 2.45) is 0 Å². The van der Waals surface area contributed by atoms with Crippen molar-refractivity contribution in [1.29, 1.82) is 0 Å². The smallest absolute Gasteiger partial charge is 0.330 e. The summed E-state index contributed by atoms with van der Waals surface area (Å²) in [5.41, 5.74) is 0.176. The van der Waals surface area contributed by atoms with E-state index in [1.807, 2.05) is 0 Å². The van der Waals surface area contributed by atoms with E-state index < -0.39 is 18.0 Å². The molecule has 7 nitrogen and oxygen atoms in total. The van der Waals surface area contributed by atoms with Gasteiger partial charge in [0.2, 0.25) is 0 Å². The number of hydrogen-bond acceptors (Lipinski definition) is 5. The molecule has 0 amide bonds. The number of carboxylic acids is 2. The zero-order valence-electron chi connectivity index (χ0n) is 13.5. The molecule has 0 aromatic heterocycles. The van der Waals surface area contributed by atoms with E-state index in [9.17, 15) is 9.59 Å². The number of aliphatic hydroxyl groups excluding tert-OH is 3. The third-order valence-electron chi connectivity index (χ3n) is 2.28. The van der Waals surface area contributed by atoms with Crippen molar-refractivity contribution in [3.63, 3.8) is 0 Å². The predicted molar refractivity (Wildman–Crippen MR) is 83.6 cm³/mol. The topological polar surface area (TPSA) is 135 Å². The maximum absolute atomic E-state index is 10.0. The van der Waals surface area contributed by atoms with Gasteiger partial charge in [0.15, 0.2) is 0 Å². The molecule has 0 aromatic carbocycles. The molecular formula is C15H30O7. The van der Waals surface area contributed by atoms with Crippen LogP contribution in [0.1, 0.15) is 52.4 Å². The monoisotopic (exact) mass is 322 g/mol. The highest BCUT2D eigenvalue weighted by molar-refractivity contribution is 5.84. The second-order valence-corrected chi connectivity index (χ2v) is 4.66. The second-order valence-electron chi connectivity index (χ2n) is 4.66. The van der Waals surface area contributed by atoms with Crippen LogP contribution in [0.4, 0.5) is 0 Å². The molecule has 0 saturated heterocycles. The standard InChI is InChI=1S/C8H16O2.C4H6O2.C3H8O3/c1-2-3-4-5-6-7-8(9)10;1-3(2)4(5)6;4-1-3(6)2-5/h2-7H2,1H3,(H,9,10);1H2,2H3,(H,5,6);3-6H,1-2H2. The fraction of sp³-hybridized carbons (Fsp3) is 0.733. The summed E-state index contributed by atoms with van der Waals surface area (Å²) in [6.45, 7) is 6.02. The van der Waals surface area contributed by atoms with Crippen LogP contribution >= 0.6 is 0 Å². The SMILES string of the molecule is C=C(C)C(=O)O.CCCCCCCC(=O)O.OCC(O)CO. The van der Waals surface area contributed by atoms with Gasteiger partial charge in [-0.1, -0.05) is 39.2 Å². The first kappa shape index (κ1) is 25.5. The van der Waals surface area contributed by atoms with Crippen molar-refractivity contribution in [1.82, 2.24) is 0 Å². The first-order valence-corrected chi connectivity index (χ1v) is 7.23. The summed E-state index contributed by atoms with van der Waals surface area (Å²) >= 11 is 0. The summed E-state index contributed by atoms with van der Waals surface area (Å²) in [5, 5.41) is 40.2. The molecule has 0 aliphatic heterocycles. The quantitative estimate of drug-likeness (QED) is 0.320. The van der Waals surface area contributed by atoms with Crippen molar-refractivity contribution < 1.29 is 35.1 Å². The van der Waals surface area contributed by atoms with Gasteiger partial charge in [-0.25, -0.2) is 4.79 Å². The van der Waals surface area contributed by atoms with Crippen molar-refractivity contribution >= 4 is 11.9 Å². The Hall–Kier alpha value is -1.44. The largest absolute Gasteiger partial charge is 0.481 e. The summed E-state index contributed by atoms with van der Waals surface area (Å²) in [4.78, 5) is 19.6. The third kappa shape index (κ3) is 31.1. The molecule has 0 unspecified atom stereocenters. The van der Waals surface area contributed by atoms with Crippen LogP contribution in [-0.2, 0) is 9.59 Å². The Kier molecular flexibility index (Phi) is 22.7. The molecular weight excluding hydrogens is 292 g/mol. The highest BCUT2D eigenvalue weighted by Crippen LogP contribution is 2.04. The summed E-state index contributed by atoms with van der Waals surface area (Å²) in [5.74, 6) is -1.61. The molecule has 0 aliphatic carbocycles. The lowest BCUT2D eigenvalue weighted by molar-refractivity contribution is -0.137. The fourth-order valence-electron chi connectivity index (χ4n) is 0.938. The molecule has 0 fully saturated rings. The summed E-state index contributed by atoms with van der Waals surface area (Å²) in [6.07, 6.45) is 4.93. The van der Waals surface area contributed by atoms with Crippen molar-refractivity contribution in [2.75, 3.05) is 13.2 Å². The van der Waals surface area contributed by atoms with Gasteiger partial charge in [-0.15, -0.1) is 0 Å². The molecule has 0 saturated carbocycles. The average Bonchev–Trinajstić information content (AvgIpc) is 2.47. The summed E-state index contributed by atoms with van der Waals surface area (Å²) < 4.78 is 0. The minimum Gasteiger partial charge on any atom is -0.481 e. The number of aliphatic carboxylic acids is 2. The molecule has 0 bridgehead atoms. The fourth-order valence-corrected chi connectivity index (χ4v) is 0.938. The van der Waals surface area contributed by atoms with Crippen LogP contribution in [-0.4, -0.2) is 56.8 Å². The van der Waals surface area contributed by atoms with Gasteiger partial charge in [-0.2, -0.15) is 0 Å². The summed E-state index contributed by atoms with van der Waals surface area (Å²) in [6, 6.07) is 0. The zero-order chi connectivity index (χ0) is 18.0. The van der Waals surface area contributed by atoms with E-state index in [0.29, 0.717) is 6.42 Å². The lowest BCUT2D eigenvalue weighted by Gasteiger charge is -1.96. The van der Waals surface area contributed by atoms with Gasteiger partial charge in [0, 0.05) is 12.0 Å². The molecule has 0 rings (SSSR count). The van der Waals surface area contributed by atoms with E-state index in [4.69, 9.17) is 25.5 Å². The second kappa shape index (κ2) is 19.6. The van der Waals surface area contributed by atoms with Gasteiger partial charge in [-0.05, 0) is 13.3 Å². The third-order valence-corrected chi connectivity index (χ3v) is 2.28. The normalized spacial score (nSPS) is 9.18. The van der Waals surface area contributed by atoms with E-state index >= 15 is 0 Å². The Morgan fingerprint density at radius 1 is 1.00 bits per heavy atom. The number of carboxylic acid groups (broad SMARTS) is 2. The molecule has 0 aliphatic rings. The molecule has 5 N–H and O–H groups in total. The van der Waals surface area contributed by atoms with Crippen LogP contribution in [0, 0.1) is 0 Å². The first-order chi connectivity index (χ1) is 10.2. The van der Waals surface area contributed by atoms with Crippen molar-refractivity contribution in [3.8, 4) is 0 Å². The number of hydrogen-bond donors (Lipinski definition) is 5. The van der Waals surface area contributed by atoms with E-state index in [-0.39, 0.29) is 18.8 Å². The van der Waals surface area contributed by atoms with Gasteiger partial charge < -0.3 is 25.5 Å². The Bertz CT molecular complexity index is 274. The first-order valence-electron chi connectivity index (χ1n) is 7.23. The molecule has 0 spiro atoms. The lowest BCUT2D eigenvalue weighted by atomic mass is 10.1. The summed E-state index contributed by atoms with van der Waals surface area (Å²) in [7, 11) is 0. The van der Waals surface area contributed by atoms with E-state index in [2.05, 4.69) is 13.5 Å². The van der Waals surface area contributed by atoms with E-state index in [0.717, 1.165) is 12.8 Å². The lowest BCUT2D eigenvalue weighted by Crippen LogP contribution is -2.15.